The smallest absolute Gasteiger partial charge is 0.184 e. The van der Waals surface area contributed by atoms with E-state index in [-0.39, 0.29) is 11.6 Å². The van der Waals surface area contributed by atoms with Gasteiger partial charge in [0.25, 0.3) is 0 Å². The summed E-state index contributed by atoms with van der Waals surface area (Å²) in [4.78, 5) is 12.9. The SMILES string of the molecule is O=C(c1ccccc1)C(NCc1cccc(F)c1)c1ccccc1. The Morgan fingerprint density at radius 2 is 1.54 bits per heavy atom. The fraction of sp³-hybridized carbons (Fsp3) is 0.0952. The number of carbonyl (C=O) groups is 1. The van der Waals surface area contributed by atoms with Gasteiger partial charge in [0, 0.05) is 12.1 Å². The van der Waals surface area contributed by atoms with E-state index in [1.807, 2.05) is 66.7 Å². The van der Waals surface area contributed by atoms with Crippen LogP contribution in [-0.4, -0.2) is 5.78 Å². The Balaban J connectivity index is 1.84. The Bertz CT molecular complexity index is 802. The third-order valence-corrected chi connectivity index (χ3v) is 3.85. The number of ketones is 1. The minimum Gasteiger partial charge on any atom is -0.299 e. The quantitative estimate of drug-likeness (QED) is 0.676. The number of carbonyl (C=O) groups excluding carboxylic acids is 1. The van der Waals surface area contributed by atoms with Crippen LogP contribution in [-0.2, 0) is 6.54 Å². The number of Topliss-reactive ketones (excluding diaryl/α,β-unsaturated/α-hetero) is 1. The molecular formula is C21H18FNO. The first kappa shape index (κ1) is 16.1. The zero-order valence-corrected chi connectivity index (χ0v) is 13.2. The number of hydrogen-bond acceptors (Lipinski definition) is 2. The van der Waals surface area contributed by atoms with Gasteiger partial charge in [-0.05, 0) is 23.3 Å². The van der Waals surface area contributed by atoms with E-state index in [0.29, 0.717) is 12.1 Å². The minimum absolute atomic E-state index is 0.00166. The summed E-state index contributed by atoms with van der Waals surface area (Å²) in [6.07, 6.45) is 0. The van der Waals surface area contributed by atoms with Crippen molar-refractivity contribution in [3.05, 3.63) is 107 Å². The van der Waals surface area contributed by atoms with Crippen molar-refractivity contribution in [1.29, 1.82) is 0 Å². The lowest BCUT2D eigenvalue weighted by Crippen LogP contribution is -2.28. The van der Waals surface area contributed by atoms with Crippen molar-refractivity contribution < 1.29 is 9.18 Å². The van der Waals surface area contributed by atoms with Crippen LogP contribution >= 0.6 is 0 Å². The molecule has 3 aromatic carbocycles. The molecule has 3 heteroatoms. The molecular weight excluding hydrogens is 301 g/mol. The molecule has 0 fully saturated rings. The summed E-state index contributed by atoms with van der Waals surface area (Å²) in [5, 5.41) is 3.26. The van der Waals surface area contributed by atoms with Crippen molar-refractivity contribution in [3.63, 3.8) is 0 Å². The number of halogens is 1. The standard InChI is InChI=1S/C21H18FNO/c22-19-13-7-8-16(14-19)15-23-20(17-9-3-1-4-10-17)21(24)18-11-5-2-6-12-18/h1-14,20,23H,15H2. The Morgan fingerprint density at radius 3 is 2.21 bits per heavy atom. The molecule has 1 N–H and O–H groups in total. The number of rotatable bonds is 6. The van der Waals surface area contributed by atoms with Crippen molar-refractivity contribution in [1.82, 2.24) is 5.32 Å². The van der Waals surface area contributed by atoms with Crippen molar-refractivity contribution >= 4 is 5.78 Å². The molecule has 0 radical (unpaired) electrons. The molecule has 2 nitrogen and oxygen atoms in total. The molecule has 3 aromatic rings. The number of benzene rings is 3. The zero-order valence-electron chi connectivity index (χ0n) is 13.2. The van der Waals surface area contributed by atoms with E-state index in [0.717, 1.165) is 11.1 Å². The third-order valence-electron chi connectivity index (χ3n) is 3.85. The van der Waals surface area contributed by atoms with E-state index in [2.05, 4.69) is 5.32 Å². The highest BCUT2D eigenvalue weighted by Crippen LogP contribution is 2.19. The molecule has 3 rings (SSSR count). The maximum atomic E-state index is 13.3. The average molecular weight is 319 g/mol. The van der Waals surface area contributed by atoms with Crippen LogP contribution in [0.25, 0.3) is 0 Å². The van der Waals surface area contributed by atoms with Crippen LogP contribution in [0.3, 0.4) is 0 Å². The van der Waals surface area contributed by atoms with Gasteiger partial charge in [0.05, 0.1) is 6.04 Å². The molecule has 0 saturated carbocycles. The van der Waals surface area contributed by atoms with E-state index < -0.39 is 6.04 Å². The van der Waals surface area contributed by atoms with Gasteiger partial charge in [0.2, 0.25) is 0 Å². The average Bonchev–Trinajstić information content (AvgIpc) is 2.63. The molecule has 0 amide bonds. The topological polar surface area (TPSA) is 29.1 Å². The van der Waals surface area contributed by atoms with Crippen LogP contribution in [0, 0.1) is 5.82 Å². The van der Waals surface area contributed by atoms with Crippen LogP contribution < -0.4 is 5.32 Å². The summed E-state index contributed by atoms with van der Waals surface area (Å²) in [5.74, 6) is -0.279. The molecule has 0 aromatic heterocycles. The van der Waals surface area contributed by atoms with Crippen LogP contribution in [0.4, 0.5) is 4.39 Å². The highest BCUT2D eigenvalue weighted by atomic mass is 19.1. The normalized spacial score (nSPS) is 11.9. The number of nitrogens with one attached hydrogen (secondary N) is 1. The van der Waals surface area contributed by atoms with Crippen molar-refractivity contribution in [2.24, 2.45) is 0 Å². The van der Waals surface area contributed by atoms with Crippen LogP contribution in [0.2, 0.25) is 0 Å². The fourth-order valence-electron chi connectivity index (χ4n) is 2.64. The fourth-order valence-corrected chi connectivity index (χ4v) is 2.64. The van der Waals surface area contributed by atoms with Gasteiger partial charge >= 0.3 is 0 Å². The second-order valence-corrected chi connectivity index (χ2v) is 5.58. The lowest BCUT2D eigenvalue weighted by molar-refractivity contribution is 0.0942. The largest absolute Gasteiger partial charge is 0.299 e. The molecule has 0 aliphatic rings. The summed E-state index contributed by atoms with van der Waals surface area (Å²) in [5.41, 5.74) is 2.35. The highest BCUT2D eigenvalue weighted by molar-refractivity contribution is 6.00. The molecule has 0 saturated heterocycles. The first-order chi connectivity index (χ1) is 11.7. The van der Waals surface area contributed by atoms with E-state index in [1.165, 1.54) is 12.1 Å². The minimum atomic E-state index is -0.475. The second kappa shape index (κ2) is 7.66. The zero-order chi connectivity index (χ0) is 16.8. The molecule has 120 valence electrons. The second-order valence-electron chi connectivity index (χ2n) is 5.58. The summed E-state index contributed by atoms with van der Waals surface area (Å²) in [7, 11) is 0. The molecule has 24 heavy (non-hydrogen) atoms. The first-order valence-electron chi connectivity index (χ1n) is 7.86. The Kier molecular flexibility index (Phi) is 5.14. The summed E-state index contributed by atoms with van der Waals surface area (Å²) >= 11 is 0. The Morgan fingerprint density at radius 1 is 0.875 bits per heavy atom. The van der Waals surface area contributed by atoms with Crippen LogP contribution in [0.1, 0.15) is 27.5 Å². The maximum Gasteiger partial charge on any atom is 0.184 e. The molecule has 0 heterocycles. The van der Waals surface area contributed by atoms with Gasteiger partial charge in [-0.25, -0.2) is 4.39 Å². The maximum absolute atomic E-state index is 13.3. The molecule has 1 unspecified atom stereocenters. The van der Waals surface area contributed by atoms with Crippen molar-refractivity contribution in [3.8, 4) is 0 Å². The number of hydrogen-bond donors (Lipinski definition) is 1. The van der Waals surface area contributed by atoms with Gasteiger partial charge in [-0.15, -0.1) is 0 Å². The van der Waals surface area contributed by atoms with Crippen molar-refractivity contribution in [2.75, 3.05) is 0 Å². The summed E-state index contributed by atoms with van der Waals surface area (Å²) in [6, 6.07) is 24.7. The Labute approximate surface area is 141 Å². The van der Waals surface area contributed by atoms with Gasteiger partial charge in [-0.2, -0.15) is 0 Å². The van der Waals surface area contributed by atoms with Gasteiger partial charge in [0.1, 0.15) is 5.82 Å². The van der Waals surface area contributed by atoms with Gasteiger partial charge in [0.15, 0.2) is 5.78 Å². The predicted octanol–water partition coefficient (Wildman–Crippen LogP) is 4.54. The van der Waals surface area contributed by atoms with Gasteiger partial charge < -0.3 is 0 Å². The predicted molar refractivity (Wildman–Crippen MR) is 93.2 cm³/mol. The van der Waals surface area contributed by atoms with Gasteiger partial charge in [-0.1, -0.05) is 72.8 Å². The first-order valence-corrected chi connectivity index (χ1v) is 7.86. The molecule has 1 atom stereocenters. The van der Waals surface area contributed by atoms with Crippen molar-refractivity contribution in [2.45, 2.75) is 12.6 Å². The van der Waals surface area contributed by atoms with E-state index in [1.54, 1.807) is 6.07 Å². The molecule has 0 aliphatic heterocycles. The van der Waals surface area contributed by atoms with E-state index >= 15 is 0 Å². The Hall–Kier alpha value is -2.78. The van der Waals surface area contributed by atoms with Crippen LogP contribution in [0.5, 0.6) is 0 Å². The van der Waals surface area contributed by atoms with Gasteiger partial charge in [-0.3, -0.25) is 10.1 Å². The summed E-state index contributed by atoms with van der Waals surface area (Å²) < 4.78 is 13.3. The lowest BCUT2D eigenvalue weighted by Gasteiger charge is -2.18. The summed E-state index contributed by atoms with van der Waals surface area (Å²) in [6.45, 7) is 0.413. The van der Waals surface area contributed by atoms with E-state index in [4.69, 9.17) is 0 Å². The molecule has 0 bridgehead atoms. The third kappa shape index (κ3) is 3.94. The molecule has 0 aliphatic carbocycles. The monoisotopic (exact) mass is 319 g/mol. The molecule has 0 spiro atoms. The van der Waals surface area contributed by atoms with E-state index in [9.17, 15) is 9.18 Å². The lowest BCUT2D eigenvalue weighted by atomic mass is 9.97. The highest BCUT2D eigenvalue weighted by Gasteiger charge is 2.21. The van der Waals surface area contributed by atoms with Crippen LogP contribution in [0.15, 0.2) is 84.9 Å².